The highest BCUT2D eigenvalue weighted by atomic mass is 16.3. The maximum atomic E-state index is 12.1. The molecule has 0 heterocycles. The van der Waals surface area contributed by atoms with Gasteiger partial charge in [0.2, 0.25) is 0 Å². The maximum Gasteiger partial charge on any atom is 0.255 e. The molecule has 4 heteroatoms. The molecule has 2 aromatic carbocycles. The second-order valence-electron chi connectivity index (χ2n) is 4.53. The summed E-state index contributed by atoms with van der Waals surface area (Å²) in [6, 6.07) is 9.86. The first-order chi connectivity index (χ1) is 8.97. The predicted octanol–water partition coefficient (Wildman–Crippen LogP) is 2.84. The number of phenolic OH excluding ortho intramolecular Hbond substituents is 1. The van der Waals surface area contributed by atoms with Crippen LogP contribution in [-0.4, -0.2) is 11.0 Å². The first kappa shape index (κ1) is 13.0. The number of carbonyl (C=O) groups is 1. The zero-order valence-corrected chi connectivity index (χ0v) is 10.9. The number of rotatable bonds is 2. The lowest BCUT2D eigenvalue weighted by molar-refractivity contribution is 0.102. The number of hydrogen-bond acceptors (Lipinski definition) is 3. The Balaban J connectivity index is 2.29. The van der Waals surface area contributed by atoms with E-state index < -0.39 is 0 Å². The molecular weight excluding hydrogens is 240 g/mol. The van der Waals surface area contributed by atoms with Crippen LogP contribution in [0.15, 0.2) is 36.4 Å². The highest BCUT2D eigenvalue weighted by Crippen LogP contribution is 2.24. The number of carbonyl (C=O) groups excluding carboxylic acids is 1. The van der Waals surface area contributed by atoms with Crippen molar-refractivity contribution in [3.05, 3.63) is 53.1 Å². The van der Waals surface area contributed by atoms with E-state index in [0.29, 0.717) is 11.3 Å². The summed E-state index contributed by atoms with van der Waals surface area (Å²) in [5.41, 5.74) is 9.40. The van der Waals surface area contributed by atoms with Crippen molar-refractivity contribution >= 4 is 17.3 Å². The van der Waals surface area contributed by atoms with Crippen molar-refractivity contribution in [2.24, 2.45) is 0 Å². The summed E-state index contributed by atoms with van der Waals surface area (Å²) < 4.78 is 0. The molecule has 0 saturated carbocycles. The van der Waals surface area contributed by atoms with Gasteiger partial charge in [0.05, 0.1) is 0 Å². The van der Waals surface area contributed by atoms with Gasteiger partial charge in [-0.25, -0.2) is 0 Å². The molecule has 0 bridgehead atoms. The van der Waals surface area contributed by atoms with Gasteiger partial charge < -0.3 is 16.2 Å². The molecule has 0 aliphatic heterocycles. The fraction of sp³-hybridized carbons (Fsp3) is 0.133. The van der Waals surface area contributed by atoms with Crippen molar-refractivity contribution in [3.8, 4) is 5.75 Å². The van der Waals surface area contributed by atoms with Crippen LogP contribution in [0.4, 0.5) is 11.4 Å². The van der Waals surface area contributed by atoms with Crippen LogP contribution in [0.1, 0.15) is 21.5 Å². The second kappa shape index (κ2) is 5.02. The quantitative estimate of drug-likeness (QED) is 0.723. The Morgan fingerprint density at radius 3 is 2.37 bits per heavy atom. The molecule has 0 saturated heterocycles. The Kier molecular flexibility index (Phi) is 3.42. The van der Waals surface area contributed by atoms with E-state index in [9.17, 15) is 9.90 Å². The zero-order chi connectivity index (χ0) is 14.0. The van der Waals surface area contributed by atoms with Gasteiger partial charge in [0.15, 0.2) is 0 Å². The van der Waals surface area contributed by atoms with Crippen molar-refractivity contribution in [2.45, 2.75) is 13.8 Å². The smallest absolute Gasteiger partial charge is 0.255 e. The van der Waals surface area contributed by atoms with E-state index in [1.54, 1.807) is 12.1 Å². The Morgan fingerprint density at radius 1 is 1.16 bits per heavy atom. The lowest BCUT2D eigenvalue weighted by Gasteiger charge is -2.12. The normalized spacial score (nSPS) is 10.2. The number of phenols is 1. The van der Waals surface area contributed by atoms with E-state index in [1.165, 1.54) is 12.1 Å². The number of nitrogens with one attached hydrogen (secondary N) is 1. The highest BCUT2D eigenvalue weighted by Gasteiger charge is 2.10. The molecule has 98 valence electrons. The molecule has 0 fully saturated rings. The third-order valence-electron chi connectivity index (χ3n) is 2.90. The predicted molar refractivity (Wildman–Crippen MR) is 76.4 cm³/mol. The van der Waals surface area contributed by atoms with E-state index in [0.717, 1.165) is 16.8 Å². The molecule has 0 spiro atoms. The Hall–Kier alpha value is -2.49. The second-order valence-corrected chi connectivity index (χ2v) is 4.53. The third kappa shape index (κ3) is 2.85. The Bertz CT molecular complexity index is 613. The van der Waals surface area contributed by atoms with Crippen molar-refractivity contribution in [2.75, 3.05) is 11.1 Å². The molecule has 0 aliphatic rings. The van der Waals surface area contributed by atoms with Crippen LogP contribution in [-0.2, 0) is 0 Å². The minimum Gasteiger partial charge on any atom is -0.508 e. The van der Waals surface area contributed by atoms with Crippen LogP contribution >= 0.6 is 0 Å². The standard InChI is InChI=1S/C15H16N2O2/c1-9-6-12(16)7-10(2)14(9)17-15(19)11-4-3-5-13(18)8-11/h3-8,18H,16H2,1-2H3,(H,17,19). The number of nitrogen functional groups attached to an aromatic ring is 1. The molecule has 2 aromatic rings. The van der Waals surface area contributed by atoms with E-state index in [2.05, 4.69) is 5.32 Å². The summed E-state index contributed by atoms with van der Waals surface area (Å²) >= 11 is 0. The van der Waals surface area contributed by atoms with Gasteiger partial charge in [0.1, 0.15) is 5.75 Å². The number of nitrogens with two attached hydrogens (primary N) is 1. The fourth-order valence-corrected chi connectivity index (χ4v) is 2.03. The molecule has 0 aromatic heterocycles. The van der Waals surface area contributed by atoms with Crippen molar-refractivity contribution in [1.29, 1.82) is 0 Å². The zero-order valence-electron chi connectivity index (χ0n) is 10.9. The molecule has 4 N–H and O–H groups in total. The van der Waals surface area contributed by atoms with Crippen LogP contribution in [0.3, 0.4) is 0 Å². The number of aryl methyl sites for hydroxylation is 2. The molecule has 4 nitrogen and oxygen atoms in total. The van der Waals surface area contributed by atoms with Gasteiger partial charge in [0.25, 0.3) is 5.91 Å². The number of anilines is 2. The molecule has 2 rings (SSSR count). The number of hydrogen-bond donors (Lipinski definition) is 3. The number of benzene rings is 2. The van der Waals surface area contributed by atoms with Gasteiger partial charge in [-0.2, -0.15) is 0 Å². The first-order valence-corrected chi connectivity index (χ1v) is 5.94. The SMILES string of the molecule is Cc1cc(N)cc(C)c1NC(=O)c1cccc(O)c1. The summed E-state index contributed by atoms with van der Waals surface area (Å²) in [4.78, 5) is 12.1. The monoisotopic (exact) mass is 256 g/mol. The molecule has 0 radical (unpaired) electrons. The highest BCUT2D eigenvalue weighted by molar-refractivity contribution is 6.05. The molecule has 0 aliphatic carbocycles. The van der Waals surface area contributed by atoms with Gasteiger partial charge in [-0.05, 0) is 55.3 Å². The first-order valence-electron chi connectivity index (χ1n) is 5.94. The van der Waals surface area contributed by atoms with Gasteiger partial charge in [-0.3, -0.25) is 4.79 Å². The van der Waals surface area contributed by atoms with Crippen molar-refractivity contribution in [3.63, 3.8) is 0 Å². The Morgan fingerprint density at radius 2 is 1.79 bits per heavy atom. The number of amides is 1. The topological polar surface area (TPSA) is 75.3 Å². The number of aromatic hydroxyl groups is 1. The Labute approximate surface area is 111 Å². The summed E-state index contributed by atoms with van der Waals surface area (Å²) in [5.74, 6) is -0.190. The van der Waals surface area contributed by atoms with E-state index >= 15 is 0 Å². The van der Waals surface area contributed by atoms with E-state index in [-0.39, 0.29) is 11.7 Å². The third-order valence-corrected chi connectivity index (χ3v) is 2.90. The molecule has 0 unspecified atom stereocenters. The molecule has 1 amide bonds. The minimum absolute atomic E-state index is 0.0680. The summed E-state index contributed by atoms with van der Waals surface area (Å²) in [7, 11) is 0. The lowest BCUT2D eigenvalue weighted by Crippen LogP contribution is -2.13. The van der Waals surface area contributed by atoms with Gasteiger partial charge >= 0.3 is 0 Å². The van der Waals surface area contributed by atoms with E-state index in [4.69, 9.17) is 5.73 Å². The van der Waals surface area contributed by atoms with Crippen molar-refractivity contribution in [1.82, 2.24) is 0 Å². The average molecular weight is 256 g/mol. The lowest BCUT2D eigenvalue weighted by atomic mass is 10.1. The van der Waals surface area contributed by atoms with Crippen LogP contribution in [0.5, 0.6) is 5.75 Å². The molecule has 0 atom stereocenters. The molecule has 19 heavy (non-hydrogen) atoms. The van der Waals surface area contributed by atoms with Gasteiger partial charge in [0, 0.05) is 16.9 Å². The largest absolute Gasteiger partial charge is 0.508 e. The molecular formula is C15H16N2O2. The average Bonchev–Trinajstić information content (AvgIpc) is 2.33. The van der Waals surface area contributed by atoms with Crippen LogP contribution in [0, 0.1) is 13.8 Å². The summed E-state index contributed by atoms with van der Waals surface area (Å²) in [5, 5.41) is 12.2. The van der Waals surface area contributed by atoms with Crippen LogP contribution in [0.2, 0.25) is 0 Å². The minimum atomic E-state index is -0.258. The van der Waals surface area contributed by atoms with Gasteiger partial charge in [-0.15, -0.1) is 0 Å². The fourth-order valence-electron chi connectivity index (χ4n) is 2.03. The summed E-state index contributed by atoms with van der Waals surface area (Å²) in [6.45, 7) is 3.78. The van der Waals surface area contributed by atoms with Crippen LogP contribution < -0.4 is 11.1 Å². The van der Waals surface area contributed by atoms with E-state index in [1.807, 2.05) is 26.0 Å². The van der Waals surface area contributed by atoms with Gasteiger partial charge in [-0.1, -0.05) is 6.07 Å². The van der Waals surface area contributed by atoms with Crippen molar-refractivity contribution < 1.29 is 9.90 Å². The summed E-state index contributed by atoms with van der Waals surface area (Å²) in [6.07, 6.45) is 0. The van der Waals surface area contributed by atoms with Crippen LogP contribution in [0.25, 0.3) is 0 Å². The maximum absolute atomic E-state index is 12.1.